The normalized spacial score (nSPS) is 11.0. The predicted octanol–water partition coefficient (Wildman–Crippen LogP) is 14.5. The molecule has 0 saturated heterocycles. The van der Waals surface area contributed by atoms with Crippen LogP contribution in [-0.2, 0) is 0 Å². The maximum absolute atomic E-state index is 14.2. The van der Waals surface area contributed by atoms with Crippen molar-refractivity contribution in [1.82, 2.24) is 0 Å². The van der Waals surface area contributed by atoms with Gasteiger partial charge in [0.1, 0.15) is 11.6 Å². The molecule has 262 valence electrons. The highest BCUT2D eigenvalue weighted by Gasteiger charge is 2.21. The standard InChI is InChI=1S/C50H38F2N2/c1-35-33-39(21-31-47(35)53(43-27-23-41(51)24-28-43)49-19-11-9-17-45(49)37-13-5-3-6-14-37)40-22-32-48(36(2)34-40)54(44-29-25-42(52)26-30-44)50-20-12-10-18-46(50)38-15-7-4-8-16-38/h3-34H,1-2H3. The van der Waals surface area contributed by atoms with Gasteiger partial charge in [0.2, 0.25) is 0 Å². The second-order valence-electron chi connectivity index (χ2n) is 13.4. The van der Waals surface area contributed by atoms with Crippen LogP contribution in [0.5, 0.6) is 0 Å². The first-order valence-electron chi connectivity index (χ1n) is 18.1. The monoisotopic (exact) mass is 704 g/mol. The van der Waals surface area contributed by atoms with Crippen molar-refractivity contribution in [3.05, 3.63) is 217 Å². The summed E-state index contributed by atoms with van der Waals surface area (Å²) in [5, 5.41) is 0. The van der Waals surface area contributed by atoms with Crippen LogP contribution in [0, 0.1) is 25.5 Å². The Hall–Kier alpha value is -6.78. The number of benzene rings is 8. The molecular formula is C50H38F2N2. The lowest BCUT2D eigenvalue weighted by atomic mass is 9.97. The molecule has 0 N–H and O–H groups in total. The summed E-state index contributed by atoms with van der Waals surface area (Å²) in [6, 6.07) is 63.7. The first-order valence-corrected chi connectivity index (χ1v) is 18.1. The van der Waals surface area contributed by atoms with Gasteiger partial charge in [0.25, 0.3) is 0 Å². The third kappa shape index (κ3) is 6.90. The van der Waals surface area contributed by atoms with Crippen LogP contribution in [-0.4, -0.2) is 0 Å². The van der Waals surface area contributed by atoms with Crippen molar-refractivity contribution in [1.29, 1.82) is 0 Å². The number of hydrogen-bond donors (Lipinski definition) is 0. The van der Waals surface area contributed by atoms with Gasteiger partial charge in [0, 0.05) is 33.9 Å². The van der Waals surface area contributed by atoms with E-state index < -0.39 is 0 Å². The molecule has 0 radical (unpaired) electrons. The number of nitrogens with zero attached hydrogens (tertiary/aromatic N) is 2. The van der Waals surface area contributed by atoms with Crippen LogP contribution in [0.3, 0.4) is 0 Å². The van der Waals surface area contributed by atoms with E-state index in [-0.39, 0.29) is 11.6 Å². The zero-order chi connectivity index (χ0) is 37.0. The zero-order valence-corrected chi connectivity index (χ0v) is 30.1. The zero-order valence-electron chi connectivity index (χ0n) is 30.1. The van der Waals surface area contributed by atoms with E-state index >= 15 is 0 Å². The number of halogens is 2. The third-order valence-corrected chi connectivity index (χ3v) is 9.84. The molecule has 0 fully saturated rings. The Morgan fingerprint density at radius 1 is 0.315 bits per heavy atom. The summed E-state index contributed by atoms with van der Waals surface area (Å²) in [4.78, 5) is 4.42. The van der Waals surface area contributed by atoms with E-state index in [1.807, 2.05) is 84.9 Å². The van der Waals surface area contributed by atoms with Crippen molar-refractivity contribution < 1.29 is 8.78 Å². The molecule has 0 heterocycles. The lowest BCUT2D eigenvalue weighted by Gasteiger charge is -2.30. The predicted molar refractivity (Wildman–Crippen MR) is 222 cm³/mol. The molecule has 54 heavy (non-hydrogen) atoms. The fourth-order valence-corrected chi connectivity index (χ4v) is 7.23. The topological polar surface area (TPSA) is 6.48 Å². The lowest BCUT2D eigenvalue weighted by Crippen LogP contribution is -2.13. The molecule has 8 aromatic carbocycles. The Bertz CT molecular complexity index is 2350. The molecule has 0 aliphatic heterocycles. The van der Waals surface area contributed by atoms with Crippen LogP contribution in [0.2, 0.25) is 0 Å². The highest BCUT2D eigenvalue weighted by molar-refractivity contribution is 5.91. The highest BCUT2D eigenvalue weighted by atomic mass is 19.1. The molecule has 0 atom stereocenters. The quantitative estimate of drug-likeness (QED) is 0.148. The van der Waals surface area contributed by atoms with Gasteiger partial charge in [0.05, 0.1) is 11.4 Å². The number of hydrogen-bond acceptors (Lipinski definition) is 2. The van der Waals surface area contributed by atoms with E-state index in [0.717, 1.165) is 78.6 Å². The second-order valence-corrected chi connectivity index (χ2v) is 13.4. The summed E-state index contributed by atoms with van der Waals surface area (Å²) < 4.78 is 28.4. The average molecular weight is 705 g/mol. The summed E-state index contributed by atoms with van der Waals surface area (Å²) in [5.41, 5.74) is 14.4. The molecule has 0 bridgehead atoms. The largest absolute Gasteiger partial charge is 0.310 e. The van der Waals surface area contributed by atoms with Gasteiger partial charge in [-0.05, 0) is 132 Å². The summed E-state index contributed by atoms with van der Waals surface area (Å²) >= 11 is 0. The molecule has 0 amide bonds. The summed E-state index contributed by atoms with van der Waals surface area (Å²) in [7, 11) is 0. The molecule has 0 aliphatic rings. The average Bonchev–Trinajstić information content (AvgIpc) is 3.21. The van der Waals surface area contributed by atoms with E-state index in [2.05, 4.69) is 109 Å². The maximum atomic E-state index is 14.2. The summed E-state index contributed by atoms with van der Waals surface area (Å²) in [6.45, 7) is 4.25. The van der Waals surface area contributed by atoms with Crippen LogP contribution in [0.1, 0.15) is 11.1 Å². The van der Waals surface area contributed by atoms with Gasteiger partial charge in [-0.25, -0.2) is 8.78 Å². The number of aryl methyl sites for hydroxylation is 2. The summed E-state index contributed by atoms with van der Waals surface area (Å²) in [5.74, 6) is -0.551. The van der Waals surface area contributed by atoms with Crippen LogP contribution in [0.15, 0.2) is 194 Å². The van der Waals surface area contributed by atoms with E-state index in [0.29, 0.717) is 0 Å². The Morgan fingerprint density at radius 3 is 1.04 bits per heavy atom. The van der Waals surface area contributed by atoms with E-state index in [9.17, 15) is 8.78 Å². The van der Waals surface area contributed by atoms with Crippen molar-refractivity contribution in [3.63, 3.8) is 0 Å². The van der Waals surface area contributed by atoms with Gasteiger partial charge in [-0.2, -0.15) is 0 Å². The number of anilines is 6. The first-order chi connectivity index (χ1) is 26.4. The SMILES string of the molecule is Cc1cc(-c2ccc(N(c3ccc(F)cc3)c3ccccc3-c3ccccc3)c(C)c2)ccc1N(c1ccc(F)cc1)c1ccccc1-c1ccccc1. The fourth-order valence-electron chi connectivity index (χ4n) is 7.23. The molecule has 8 aromatic rings. The molecule has 0 aliphatic carbocycles. The fraction of sp³-hybridized carbons (Fsp3) is 0.0400. The Morgan fingerprint density at radius 2 is 0.667 bits per heavy atom. The number of rotatable bonds is 9. The molecule has 4 heteroatoms. The van der Waals surface area contributed by atoms with Crippen LogP contribution < -0.4 is 9.80 Å². The van der Waals surface area contributed by atoms with Crippen molar-refractivity contribution in [3.8, 4) is 33.4 Å². The van der Waals surface area contributed by atoms with Gasteiger partial charge in [0.15, 0.2) is 0 Å². The molecule has 0 unspecified atom stereocenters. The Kier molecular flexibility index (Phi) is 9.57. The van der Waals surface area contributed by atoms with Crippen LogP contribution in [0.4, 0.5) is 42.9 Å². The molecule has 0 spiro atoms. The van der Waals surface area contributed by atoms with Crippen LogP contribution >= 0.6 is 0 Å². The van der Waals surface area contributed by atoms with Crippen molar-refractivity contribution in [2.24, 2.45) is 0 Å². The molecule has 0 aromatic heterocycles. The Labute approximate surface area is 315 Å². The smallest absolute Gasteiger partial charge is 0.123 e. The van der Waals surface area contributed by atoms with Crippen LogP contribution in [0.25, 0.3) is 33.4 Å². The van der Waals surface area contributed by atoms with E-state index in [4.69, 9.17) is 0 Å². The van der Waals surface area contributed by atoms with Crippen molar-refractivity contribution in [2.75, 3.05) is 9.80 Å². The molecule has 2 nitrogen and oxygen atoms in total. The van der Waals surface area contributed by atoms with Gasteiger partial charge in [-0.3, -0.25) is 0 Å². The first kappa shape index (κ1) is 34.3. The lowest BCUT2D eigenvalue weighted by molar-refractivity contribution is 0.627. The second kappa shape index (κ2) is 15.1. The van der Waals surface area contributed by atoms with Gasteiger partial charge in [-0.15, -0.1) is 0 Å². The number of para-hydroxylation sites is 2. The minimum Gasteiger partial charge on any atom is -0.310 e. The van der Waals surface area contributed by atoms with Gasteiger partial charge < -0.3 is 9.80 Å². The highest BCUT2D eigenvalue weighted by Crippen LogP contribution is 2.45. The minimum atomic E-state index is -0.275. The maximum Gasteiger partial charge on any atom is 0.123 e. The van der Waals surface area contributed by atoms with Crippen molar-refractivity contribution in [2.45, 2.75) is 13.8 Å². The van der Waals surface area contributed by atoms with Crippen molar-refractivity contribution >= 4 is 34.1 Å². The molecule has 0 saturated carbocycles. The Balaban J connectivity index is 1.20. The minimum absolute atomic E-state index is 0.275. The van der Waals surface area contributed by atoms with E-state index in [1.165, 1.54) is 24.3 Å². The molecular weight excluding hydrogens is 667 g/mol. The third-order valence-electron chi connectivity index (χ3n) is 9.84. The summed E-state index contributed by atoms with van der Waals surface area (Å²) in [6.07, 6.45) is 0. The van der Waals surface area contributed by atoms with E-state index in [1.54, 1.807) is 0 Å². The molecule has 8 rings (SSSR count). The van der Waals surface area contributed by atoms with Gasteiger partial charge in [-0.1, -0.05) is 109 Å². The van der Waals surface area contributed by atoms with Gasteiger partial charge >= 0.3 is 0 Å².